The maximum Gasteiger partial charge on any atom is 0.00889 e. The Kier molecular flexibility index (Phi) is 5.77. The van der Waals surface area contributed by atoms with Crippen molar-refractivity contribution in [3.8, 4) is 0 Å². The third kappa shape index (κ3) is 3.83. The molecule has 0 heterocycles. The van der Waals surface area contributed by atoms with Crippen molar-refractivity contribution in [3.05, 3.63) is 107 Å². The maximum atomic E-state index is 2.61. The minimum atomic E-state index is 0.708. The van der Waals surface area contributed by atoms with Gasteiger partial charge in [0.2, 0.25) is 0 Å². The molecule has 0 aromatic heterocycles. The van der Waals surface area contributed by atoms with Crippen LogP contribution in [0.3, 0.4) is 0 Å². The van der Waals surface area contributed by atoms with Gasteiger partial charge in [-0.25, -0.2) is 0 Å². The largest absolute Gasteiger partial charge is 0.0795 e. The molecular weight excluding hydrogens is 432 g/mol. The molecule has 180 valence electrons. The van der Waals surface area contributed by atoms with Crippen molar-refractivity contribution in [1.82, 2.24) is 0 Å². The Morgan fingerprint density at radius 2 is 1.22 bits per heavy atom. The smallest absolute Gasteiger partial charge is 0.00889 e. The molecule has 0 spiro atoms. The molecule has 4 aromatic carbocycles. The average Bonchev–Trinajstić information content (AvgIpc) is 3.65. The van der Waals surface area contributed by atoms with Crippen molar-refractivity contribution in [2.24, 2.45) is 11.8 Å². The Morgan fingerprint density at radius 3 is 2.00 bits per heavy atom. The molecule has 0 bridgehead atoms. The Labute approximate surface area is 215 Å². The van der Waals surface area contributed by atoms with E-state index in [-0.39, 0.29) is 0 Å². The summed E-state index contributed by atoms with van der Waals surface area (Å²) in [7, 11) is 0. The molecule has 2 saturated carbocycles. The lowest BCUT2D eigenvalue weighted by molar-refractivity contribution is 0.439. The first-order chi connectivity index (χ1) is 17.9. The highest BCUT2D eigenvalue weighted by Gasteiger charge is 2.36. The number of rotatable bonds is 2. The summed E-state index contributed by atoms with van der Waals surface area (Å²) in [5.74, 6) is 2.45. The van der Waals surface area contributed by atoms with Gasteiger partial charge in [-0.15, -0.1) is 0 Å². The average molecular weight is 469 g/mol. The highest BCUT2D eigenvalue weighted by atomic mass is 14.4. The van der Waals surface area contributed by atoms with Crippen molar-refractivity contribution in [1.29, 1.82) is 0 Å². The first-order valence-corrected chi connectivity index (χ1v) is 14.3. The fourth-order valence-electron chi connectivity index (χ4n) is 7.75. The van der Waals surface area contributed by atoms with Crippen molar-refractivity contribution in [2.75, 3.05) is 0 Å². The minimum Gasteiger partial charge on any atom is -0.0795 e. The molecule has 1 unspecified atom stereocenters. The van der Waals surface area contributed by atoms with Crippen LogP contribution in [0.5, 0.6) is 0 Å². The first-order valence-electron chi connectivity index (χ1n) is 14.3. The lowest BCUT2D eigenvalue weighted by Crippen LogP contribution is -2.20. The van der Waals surface area contributed by atoms with Gasteiger partial charge in [0.05, 0.1) is 0 Å². The summed E-state index contributed by atoms with van der Waals surface area (Å²) in [6.07, 6.45) is 19.6. The fourth-order valence-corrected chi connectivity index (χ4v) is 7.75. The lowest BCUT2D eigenvalue weighted by atomic mass is 9.69. The third-order valence-electron chi connectivity index (χ3n) is 9.34. The van der Waals surface area contributed by atoms with Crippen molar-refractivity contribution in [3.63, 3.8) is 0 Å². The monoisotopic (exact) mass is 468 g/mol. The molecular formula is C36H36. The van der Waals surface area contributed by atoms with Crippen LogP contribution in [0.2, 0.25) is 0 Å². The van der Waals surface area contributed by atoms with E-state index in [9.17, 15) is 0 Å². The van der Waals surface area contributed by atoms with Crippen molar-refractivity contribution >= 4 is 33.7 Å². The molecule has 0 amide bonds. The number of allylic oxidation sites excluding steroid dienone is 2. The summed E-state index contributed by atoms with van der Waals surface area (Å²) in [4.78, 5) is 0. The van der Waals surface area contributed by atoms with Gasteiger partial charge in [0.25, 0.3) is 0 Å². The molecule has 0 saturated heterocycles. The molecule has 4 aromatic rings. The number of hydrogen-bond donors (Lipinski definition) is 0. The molecule has 36 heavy (non-hydrogen) atoms. The summed E-state index contributed by atoms with van der Waals surface area (Å²) < 4.78 is 0. The highest BCUT2D eigenvalue weighted by Crippen LogP contribution is 2.52. The standard InChI is InChI=1S/C23H26.C13H10/c1-2-8-16(7-1)21-15-19-13-5-11-17-12-6-14-20(22(17)19)23(21)18-9-3-4-10-18;1-4-10-6-2-8-12-9-3-7-11(5-1)13(10)12/h5-6,11-16,18,23H,1-4,7-10H2;1-8H,9H2. The third-order valence-corrected chi connectivity index (χ3v) is 9.34. The zero-order chi connectivity index (χ0) is 23.9. The van der Waals surface area contributed by atoms with Crippen LogP contribution in [0.25, 0.3) is 33.7 Å². The highest BCUT2D eigenvalue weighted by molar-refractivity contribution is 5.97. The van der Waals surface area contributed by atoms with Gasteiger partial charge in [0, 0.05) is 5.92 Å². The predicted molar refractivity (Wildman–Crippen MR) is 155 cm³/mol. The van der Waals surface area contributed by atoms with E-state index >= 15 is 0 Å². The normalized spacial score (nSPS) is 21.0. The lowest BCUT2D eigenvalue weighted by Gasteiger charge is -2.34. The zero-order valence-electron chi connectivity index (χ0n) is 21.3. The molecule has 0 heteroatoms. The van der Waals surface area contributed by atoms with E-state index < -0.39 is 0 Å². The summed E-state index contributed by atoms with van der Waals surface area (Å²) in [6.45, 7) is 0. The van der Waals surface area contributed by atoms with Gasteiger partial charge in [-0.05, 0) is 87.7 Å². The fraction of sp³-hybridized carbons (Fsp3) is 0.333. The molecule has 0 nitrogen and oxygen atoms in total. The Balaban J connectivity index is 0.000000143. The molecule has 2 fully saturated rings. The summed E-state index contributed by atoms with van der Waals surface area (Å²) in [6, 6.07) is 26.9. The van der Waals surface area contributed by atoms with Gasteiger partial charge in [-0.2, -0.15) is 0 Å². The molecule has 8 rings (SSSR count). The second-order valence-corrected chi connectivity index (χ2v) is 11.4. The molecule has 0 radical (unpaired) electrons. The molecule has 0 N–H and O–H groups in total. The SMILES string of the molecule is C1=C(C2CCCC2)C(C2CCCC2)c2cccc3cccc1c23.C1=Cc2cccc3cccc(c23)C1. The molecule has 4 aliphatic carbocycles. The van der Waals surface area contributed by atoms with E-state index in [0.29, 0.717) is 5.92 Å². The predicted octanol–water partition coefficient (Wildman–Crippen LogP) is 10.1. The quantitative estimate of drug-likeness (QED) is 0.274. The van der Waals surface area contributed by atoms with Gasteiger partial charge >= 0.3 is 0 Å². The number of hydrogen-bond acceptors (Lipinski definition) is 0. The number of benzene rings is 4. The van der Waals surface area contributed by atoms with Crippen LogP contribution in [0.1, 0.15) is 79.5 Å². The Morgan fingerprint density at radius 1 is 0.583 bits per heavy atom. The minimum absolute atomic E-state index is 0.708. The van der Waals surface area contributed by atoms with Crippen LogP contribution in [-0.2, 0) is 6.42 Å². The second-order valence-electron chi connectivity index (χ2n) is 11.4. The molecule has 0 aliphatic heterocycles. The van der Waals surface area contributed by atoms with Gasteiger partial charge in [-0.3, -0.25) is 0 Å². The van der Waals surface area contributed by atoms with Crippen LogP contribution < -0.4 is 0 Å². The Hall–Kier alpha value is -3.12. The van der Waals surface area contributed by atoms with Crippen molar-refractivity contribution < 1.29 is 0 Å². The van der Waals surface area contributed by atoms with Crippen LogP contribution in [0, 0.1) is 11.8 Å². The van der Waals surface area contributed by atoms with E-state index in [1.165, 1.54) is 84.2 Å². The van der Waals surface area contributed by atoms with Crippen LogP contribution in [-0.4, -0.2) is 0 Å². The topological polar surface area (TPSA) is 0 Å². The summed E-state index contributed by atoms with van der Waals surface area (Å²) >= 11 is 0. The molecule has 4 aliphatic rings. The van der Waals surface area contributed by atoms with Gasteiger partial charge in [-0.1, -0.05) is 122 Å². The van der Waals surface area contributed by atoms with Gasteiger partial charge in [0.15, 0.2) is 0 Å². The molecule has 1 atom stereocenters. The second kappa shape index (κ2) is 9.40. The zero-order valence-corrected chi connectivity index (χ0v) is 21.3. The van der Waals surface area contributed by atoms with E-state index in [1.807, 2.05) is 0 Å². The Bertz CT molecular complexity index is 1460. The van der Waals surface area contributed by atoms with Crippen LogP contribution in [0.4, 0.5) is 0 Å². The van der Waals surface area contributed by atoms with Crippen LogP contribution >= 0.6 is 0 Å². The van der Waals surface area contributed by atoms with E-state index in [1.54, 1.807) is 16.5 Å². The maximum absolute atomic E-state index is 2.61. The summed E-state index contributed by atoms with van der Waals surface area (Å²) in [5, 5.41) is 5.78. The van der Waals surface area contributed by atoms with Crippen LogP contribution in [0.15, 0.2) is 84.4 Å². The first kappa shape index (κ1) is 22.1. The van der Waals surface area contributed by atoms with E-state index in [0.717, 1.165) is 18.3 Å². The van der Waals surface area contributed by atoms with Crippen molar-refractivity contribution in [2.45, 2.75) is 63.7 Å². The van der Waals surface area contributed by atoms with E-state index in [4.69, 9.17) is 0 Å². The van der Waals surface area contributed by atoms with Gasteiger partial charge in [0.1, 0.15) is 0 Å². The van der Waals surface area contributed by atoms with E-state index in [2.05, 4.69) is 91.0 Å². The summed E-state index contributed by atoms with van der Waals surface area (Å²) in [5.41, 5.74) is 7.74. The van der Waals surface area contributed by atoms with Gasteiger partial charge < -0.3 is 0 Å².